The molecule has 0 spiro atoms. The number of hydrogen-bond acceptors (Lipinski definition) is 6. The van der Waals surface area contributed by atoms with Gasteiger partial charge in [0.1, 0.15) is 17.6 Å². The third-order valence-corrected chi connectivity index (χ3v) is 8.07. The van der Waals surface area contributed by atoms with E-state index >= 15 is 4.39 Å². The van der Waals surface area contributed by atoms with Gasteiger partial charge in [-0.15, -0.1) is 0 Å². The maximum absolute atomic E-state index is 15.2. The van der Waals surface area contributed by atoms with Crippen molar-refractivity contribution in [2.45, 2.75) is 32.1 Å². The number of benzene rings is 2. The molecule has 0 N–H and O–H groups in total. The van der Waals surface area contributed by atoms with Crippen LogP contribution >= 0.6 is 0 Å². The number of nitrogens with zero attached hydrogens (tertiary/aromatic N) is 4. The van der Waals surface area contributed by atoms with Crippen molar-refractivity contribution in [1.82, 2.24) is 15.0 Å². The van der Waals surface area contributed by atoms with E-state index in [4.69, 9.17) is 9.97 Å². The van der Waals surface area contributed by atoms with Crippen LogP contribution in [0.2, 0.25) is 0 Å². The molecule has 0 aliphatic heterocycles. The van der Waals surface area contributed by atoms with Gasteiger partial charge in [0.25, 0.3) is 0 Å². The van der Waals surface area contributed by atoms with E-state index in [2.05, 4.69) is 11.1 Å². The summed E-state index contributed by atoms with van der Waals surface area (Å²) in [4.78, 5) is 39.0. The second-order valence-electron chi connectivity index (χ2n) is 10.2. The lowest BCUT2D eigenvalue weighted by Crippen LogP contribution is -2.46. The van der Waals surface area contributed by atoms with Gasteiger partial charge in [-0.3, -0.25) is 9.59 Å². The summed E-state index contributed by atoms with van der Waals surface area (Å²) in [5, 5.41) is 10.5. The van der Waals surface area contributed by atoms with E-state index in [1.165, 1.54) is 6.07 Å². The summed E-state index contributed by atoms with van der Waals surface area (Å²) >= 11 is 0. The van der Waals surface area contributed by atoms with Gasteiger partial charge in [-0.25, -0.2) is 19.3 Å². The van der Waals surface area contributed by atoms with Gasteiger partial charge in [-0.1, -0.05) is 50.3 Å². The molecule has 2 aromatic carbocycles. The molecular weight excluding hydrogens is 479 g/mol. The summed E-state index contributed by atoms with van der Waals surface area (Å²) in [5.41, 5.74) is 3.16. The maximum atomic E-state index is 15.2. The van der Waals surface area contributed by atoms with Gasteiger partial charge in [0, 0.05) is 33.4 Å². The number of rotatable bonds is 3. The lowest BCUT2D eigenvalue weighted by Gasteiger charge is -2.45. The van der Waals surface area contributed by atoms with Crippen molar-refractivity contribution in [1.29, 1.82) is 5.26 Å². The Morgan fingerprint density at radius 2 is 1.84 bits per heavy atom. The minimum atomic E-state index is -0.736. The molecule has 186 valence electrons. The number of para-hydroxylation sites is 1. The van der Waals surface area contributed by atoms with E-state index in [0.717, 1.165) is 10.9 Å². The van der Waals surface area contributed by atoms with Crippen LogP contribution in [0.3, 0.4) is 0 Å². The standard InChI is InChI=1S/C31H23FN4O2/c1-17-24-12-11-22-27(21-8-3-5-9-25(21)32)35-30(36-29(22)31(24,2)14-18(15-33)28(17)38)23-13-19(16-37)34-26-10-6-4-7-20(23)26/h3-10,13-14,16-17,24H,11-12H2,1-2H3/t17-,24-,31-/m1/s1. The molecule has 0 saturated heterocycles. The molecule has 2 aliphatic carbocycles. The Balaban J connectivity index is 1.72. The molecule has 0 fully saturated rings. The zero-order valence-electron chi connectivity index (χ0n) is 20.9. The maximum Gasteiger partial charge on any atom is 0.176 e. The van der Waals surface area contributed by atoms with E-state index in [1.54, 1.807) is 30.3 Å². The normalized spacial score (nSPS) is 22.3. The van der Waals surface area contributed by atoms with Gasteiger partial charge >= 0.3 is 0 Å². The predicted octanol–water partition coefficient (Wildman–Crippen LogP) is 5.80. The Labute approximate surface area is 218 Å². The minimum absolute atomic E-state index is 0.0736. The fourth-order valence-corrected chi connectivity index (χ4v) is 6.21. The first-order valence-corrected chi connectivity index (χ1v) is 12.5. The molecule has 0 radical (unpaired) electrons. The van der Waals surface area contributed by atoms with Crippen molar-refractivity contribution >= 4 is 23.0 Å². The highest BCUT2D eigenvalue weighted by Crippen LogP contribution is 2.51. The minimum Gasteiger partial charge on any atom is -0.296 e. The highest BCUT2D eigenvalue weighted by atomic mass is 19.1. The zero-order valence-corrected chi connectivity index (χ0v) is 20.9. The smallest absolute Gasteiger partial charge is 0.176 e. The Kier molecular flexibility index (Phi) is 5.50. The molecule has 0 amide bonds. The number of ketones is 1. The lowest BCUT2D eigenvalue weighted by atomic mass is 9.57. The third kappa shape index (κ3) is 3.48. The highest BCUT2D eigenvalue weighted by Gasteiger charge is 2.49. The number of allylic oxidation sites excluding steroid dienone is 2. The van der Waals surface area contributed by atoms with Crippen LogP contribution in [0.5, 0.6) is 0 Å². The van der Waals surface area contributed by atoms with Crippen molar-refractivity contribution in [3.05, 3.63) is 89.0 Å². The van der Waals surface area contributed by atoms with Crippen molar-refractivity contribution in [2.24, 2.45) is 11.8 Å². The van der Waals surface area contributed by atoms with E-state index in [-0.39, 0.29) is 28.9 Å². The number of fused-ring (bicyclic) bond motifs is 4. The molecule has 0 bridgehead atoms. The van der Waals surface area contributed by atoms with Crippen LogP contribution in [0.25, 0.3) is 33.5 Å². The second-order valence-corrected chi connectivity index (χ2v) is 10.2. The van der Waals surface area contributed by atoms with Gasteiger partial charge in [-0.2, -0.15) is 5.26 Å². The Morgan fingerprint density at radius 1 is 1.08 bits per heavy atom. The van der Waals surface area contributed by atoms with Crippen molar-refractivity contribution < 1.29 is 14.0 Å². The third-order valence-electron chi connectivity index (χ3n) is 8.07. The van der Waals surface area contributed by atoms with Crippen LogP contribution in [-0.2, 0) is 16.6 Å². The van der Waals surface area contributed by atoms with Crippen molar-refractivity contribution in [3.63, 3.8) is 0 Å². The van der Waals surface area contributed by atoms with Crippen LogP contribution in [-0.4, -0.2) is 27.0 Å². The monoisotopic (exact) mass is 502 g/mol. The van der Waals surface area contributed by atoms with Crippen LogP contribution in [0.15, 0.2) is 66.2 Å². The number of halogens is 1. The van der Waals surface area contributed by atoms with Gasteiger partial charge in [-0.05, 0) is 43.0 Å². The average Bonchev–Trinajstić information content (AvgIpc) is 2.94. The molecule has 2 aromatic heterocycles. The highest BCUT2D eigenvalue weighted by molar-refractivity contribution is 6.02. The van der Waals surface area contributed by atoms with E-state index < -0.39 is 11.2 Å². The number of carbonyl (C=O) groups is 2. The number of pyridine rings is 1. The number of hydrogen-bond donors (Lipinski definition) is 0. The summed E-state index contributed by atoms with van der Waals surface area (Å²) in [6, 6.07) is 17.6. The summed E-state index contributed by atoms with van der Waals surface area (Å²) in [6.45, 7) is 3.87. The van der Waals surface area contributed by atoms with Crippen LogP contribution in [0.4, 0.5) is 4.39 Å². The van der Waals surface area contributed by atoms with Crippen LogP contribution in [0, 0.1) is 29.0 Å². The second kappa shape index (κ2) is 8.77. The largest absolute Gasteiger partial charge is 0.296 e. The van der Waals surface area contributed by atoms with E-state index in [9.17, 15) is 14.9 Å². The number of Topliss-reactive ketones (excluding diaryl/α,β-unsaturated/α-hetero) is 1. The van der Waals surface area contributed by atoms with Crippen molar-refractivity contribution in [2.75, 3.05) is 0 Å². The lowest BCUT2D eigenvalue weighted by molar-refractivity contribution is -0.121. The average molecular weight is 503 g/mol. The number of carbonyl (C=O) groups excluding carboxylic acids is 2. The molecule has 0 saturated carbocycles. The quantitative estimate of drug-likeness (QED) is 0.329. The molecular formula is C31H23FN4O2. The first-order chi connectivity index (χ1) is 18.4. The summed E-state index contributed by atoms with van der Waals surface area (Å²) in [5.74, 6) is -0.651. The van der Waals surface area contributed by atoms with Crippen LogP contribution < -0.4 is 0 Å². The SMILES string of the molecule is C[C@H]1C(=O)C(C#N)=C[C@@]2(C)c3nc(-c4cc(C=O)nc5ccccc45)nc(-c4ccccc4F)c3CC[C@H]12. The Bertz CT molecular complexity index is 1740. The fourth-order valence-electron chi connectivity index (χ4n) is 6.21. The molecule has 2 heterocycles. The van der Waals surface area contributed by atoms with Gasteiger partial charge in [0.05, 0.1) is 22.5 Å². The zero-order chi connectivity index (χ0) is 26.6. The summed E-state index contributed by atoms with van der Waals surface area (Å²) in [6.07, 6.45) is 3.67. The molecule has 4 aromatic rings. The van der Waals surface area contributed by atoms with Gasteiger partial charge in [0.15, 0.2) is 17.9 Å². The molecule has 6 nitrogen and oxygen atoms in total. The molecule has 0 unspecified atom stereocenters. The summed E-state index contributed by atoms with van der Waals surface area (Å²) < 4.78 is 15.2. The van der Waals surface area contributed by atoms with Gasteiger partial charge < -0.3 is 0 Å². The summed E-state index contributed by atoms with van der Waals surface area (Å²) in [7, 11) is 0. The number of aromatic nitrogens is 3. The molecule has 3 atom stereocenters. The van der Waals surface area contributed by atoms with E-state index in [1.807, 2.05) is 38.1 Å². The number of nitriles is 1. The first-order valence-electron chi connectivity index (χ1n) is 12.5. The Morgan fingerprint density at radius 3 is 2.61 bits per heavy atom. The predicted molar refractivity (Wildman–Crippen MR) is 141 cm³/mol. The topological polar surface area (TPSA) is 96.6 Å². The first kappa shape index (κ1) is 23.8. The van der Waals surface area contributed by atoms with Gasteiger partial charge in [0.2, 0.25) is 0 Å². The Hall–Kier alpha value is -4.57. The number of aldehydes is 1. The van der Waals surface area contributed by atoms with E-state index in [0.29, 0.717) is 53.0 Å². The van der Waals surface area contributed by atoms with Crippen molar-refractivity contribution in [3.8, 4) is 28.7 Å². The fraction of sp³-hybridized carbons (Fsp3) is 0.226. The van der Waals surface area contributed by atoms with Crippen LogP contribution in [0.1, 0.15) is 42.0 Å². The molecule has 7 heteroatoms. The molecule has 6 rings (SSSR count). The molecule has 38 heavy (non-hydrogen) atoms. The molecule has 2 aliphatic rings.